The van der Waals surface area contributed by atoms with E-state index in [0.29, 0.717) is 6.61 Å². The molecule has 13 heavy (non-hydrogen) atoms. The van der Waals surface area contributed by atoms with Crippen molar-refractivity contribution in [3.8, 4) is 0 Å². The molecule has 4 unspecified atom stereocenters. The zero-order valence-corrected chi connectivity index (χ0v) is 8.10. The highest BCUT2D eigenvalue weighted by atomic mass is 16.7. The normalized spacial score (nSPS) is 44.5. The molecule has 2 rings (SSSR count). The van der Waals surface area contributed by atoms with Crippen molar-refractivity contribution in [1.82, 2.24) is 0 Å². The third-order valence-electron chi connectivity index (χ3n) is 2.42. The Labute approximate surface area is 78.7 Å². The van der Waals surface area contributed by atoms with Crippen LogP contribution in [0.5, 0.6) is 0 Å². The zero-order chi connectivity index (χ0) is 9.26. The standard InChI is InChI=1S/C10H16O3/c1-3-10-11-6-9-8(13-10)5-4-7(2)12-9/h4-5,7-10H,3,6H2,1-2H3. The highest BCUT2D eigenvalue weighted by Gasteiger charge is 2.33. The van der Waals surface area contributed by atoms with Gasteiger partial charge in [0.1, 0.15) is 12.2 Å². The number of hydrogen-bond acceptors (Lipinski definition) is 3. The summed E-state index contributed by atoms with van der Waals surface area (Å²) in [7, 11) is 0. The molecule has 4 atom stereocenters. The van der Waals surface area contributed by atoms with Crippen molar-refractivity contribution < 1.29 is 14.2 Å². The van der Waals surface area contributed by atoms with Gasteiger partial charge in [0.25, 0.3) is 0 Å². The molecule has 0 aliphatic carbocycles. The van der Waals surface area contributed by atoms with Gasteiger partial charge in [0.2, 0.25) is 0 Å². The van der Waals surface area contributed by atoms with Crippen LogP contribution in [0.2, 0.25) is 0 Å². The van der Waals surface area contributed by atoms with Crippen molar-refractivity contribution in [2.75, 3.05) is 6.61 Å². The Hall–Kier alpha value is -0.380. The highest BCUT2D eigenvalue weighted by Crippen LogP contribution is 2.23. The molecule has 0 amide bonds. The van der Waals surface area contributed by atoms with Crippen LogP contribution in [0.3, 0.4) is 0 Å². The fraction of sp³-hybridized carbons (Fsp3) is 0.800. The average molecular weight is 184 g/mol. The van der Waals surface area contributed by atoms with Crippen LogP contribution in [0.25, 0.3) is 0 Å². The SMILES string of the molecule is CCC1OCC2OC(C)C=CC2O1. The van der Waals surface area contributed by atoms with E-state index in [1.54, 1.807) is 0 Å². The molecule has 3 heteroatoms. The van der Waals surface area contributed by atoms with Gasteiger partial charge in [-0.3, -0.25) is 0 Å². The summed E-state index contributed by atoms with van der Waals surface area (Å²) in [6.45, 7) is 4.73. The third kappa shape index (κ3) is 1.93. The molecule has 1 fully saturated rings. The molecule has 2 aliphatic rings. The fourth-order valence-electron chi connectivity index (χ4n) is 1.69. The molecule has 3 nitrogen and oxygen atoms in total. The lowest BCUT2D eigenvalue weighted by Gasteiger charge is -2.38. The van der Waals surface area contributed by atoms with Crippen LogP contribution in [0, 0.1) is 0 Å². The van der Waals surface area contributed by atoms with Crippen molar-refractivity contribution in [3.63, 3.8) is 0 Å². The summed E-state index contributed by atoms with van der Waals surface area (Å²) in [5.74, 6) is 0. The van der Waals surface area contributed by atoms with E-state index in [1.165, 1.54) is 0 Å². The number of rotatable bonds is 1. The predicted octanol–water partition coefficient (Wildman–Crippen LogP) is 1.48. The molecule has 0 bridgehead atoms. The molecule has 2 aliphatic heterocycles. The molecule has 0 aromatic heterocycles. The van der Waals surface area contributed by atoms with E-state index in [2.05, 4.69) is 13.0 Å². The number of ether oxygens (including phenoxy) is 3. The molecule has 0 radical (unpaired) electrons. The predicted molar refractivity (Wildman–Crippen MR) is 48.4 cm³/mol. The van der Waals surface area contributed by atoms with E-state index in [1.807, 2.05) is 13.0 Å². The molecular formula is C10H16O3. The lowest BCUT2D eigenvalue weighted by molar-refractivity contribution is -0.257. The summed E-state index contributed by atoms with van der Waals surface area (Å²) in [4.78, 5) is 0. The summed E-state index contributed by atoms with van der Waals surface area (Å²) in [5.41, 5.74) is 0. The van der Waals surface area contributed by atoms with Crippen molar-refractivity contribution >= 4 is 0 Å². The lowest BCUT2D eigenvalue weighted by atomic mass is 10.1. The van der Waals surface area contributed by atoms with E-state index >= 15 is 0 Å². The Kier molecular flexibility index (Phi) is 2.67. The van der Waals surface area contributed by atoms with Gasteiger partial charge in [0.15, 0.2) is 6.29 Å². The Morgan fingerprint density at radius 1 is 1.31 bits per heavy atom. The first-order valence-corrected chi connectivity index (χ1v) is 4.90. The smallest absolute Gasteiger partial charge is 0.158 e. The maximum Gasteiger partial charge on any atom is 0.158 e. The summed E-state index contributed by atoms with van der Waals surface area (Å²) in [5, 5.41) is 0. The quantitative estimate of drug-likeness (QED) is 0.578. The molecule has 0 aromatic rings. The van der Waals surface area contributed by atoms with Gasteiger partial charge in [-0.15, -0.1) is 0 Å². The van der Waals surface area contributed by atoms with Crippen LogP contribution in [0.1, 0.15) is 20.3 Å². The molecule has 0 spiro atoms. The van der Waals surface area contributed by atoms with E-state index in [-0.39, 0.29) is 24.6 Å². The fourth-order valence-corrected chi connectivity index (χ4v) is 1.69. The summed E-state index contributed by atoms with van der Waals surface area (Å²) in [6.07, 6.45) is 5.34. The zero-order valence-electron chi connectivity index (χ0n) is 8.10. The maximum atomic E-state index is 5.65. The van der Waals surface area contributed by atoms with Gasteiger partial charge in [0.05, 0.1) is 12.7 Å². The molecule has 1 saturated heterocycles. The van der Waals surface area contributed by atoms with Crippen LogP contribution >= 0.6 is 0 Å². The molecule has 74 valence electrons. The first-order chi connectivity index (χ1) is 6.29. The largest absolute Gasteiger partial charge is 0.366 e. The van der Waals surface area contributed by atoms with Gasteiger partial charge in [-0.05, 0) is 13.3 Å². The topological polar surface area (TPSA) is 27.7 Å². The Balaban J connectivity index is 1.99. The molecule has 0 saturated carbocycles. The highest BCUT2D eigenvalue weighted by molar-refractivity contribution is 5.02. The van der Waals surface area contributed by atoms with E-state index in [0.717, 1.165) is 6.42 Å². The van der Waals surface area contributed by atoms with Gasteiger partial charge in [-0.25, -0.2) is 0 Å². The minimum absolute atomic E-state index is 0.0529. The average Bonchev–Trinajstić information content (AvgIpc) is 2.17. The minimum Gasteiger partial charge on any atom is -0.366 e. The van der Waals surface area contributed by atoms with Gasteiger partial charge in [-0.1, -0.05) is 19.1 Å². The van der Waals surface area contributed by atoms with E-state index in [9.17, 15) is 0 Å². The Morgan fingerprint density at radius 3 is 2.92 bits per heavy atom. The van der Waals surface area contributed by atoms with Crippen molar-refractivity contribution in [2.24, 2.45) is 0 Å². The van der Waals surface area contributed by atoms with Gasteiger partial charge in [-0.2, -0.15) is 0 Å². The Morgan fingerprint density at radius 2 is 2.15 bits per heavy atom. The molecular weight excluding hydrogens is 168 g/mol. The third-order valence-corrected chi connectivity index (χ3v) is 2.42. The van der Waals surface area contributed by atoms with Crippen molar-refractivity contribution in [3.05, 3.63) is 12.2 Å². The Bertz CT molecular complexity index is 202. The van der Waals surface area contributed by atoms with Crippen molar-refractivity contribution in [2.45, 2.75) is 44.9 Å². The van der Waals surface area contributed by atoms with Crippen LogP contribution in [-0.4, -0.2) is 31.2 Å². The van der Waals surface area contributed by atoms with Gasteiger partial charge < -0.3 is 14.2 Å². The summed E-state index contributed by atoms with van der Waals surface area (Å²) < 4.78 is 16.8. The second-order valence-corrected chi connectivity index (χ2v) is 3.54. The second kappa shape index (κ2) is 3.78. The van der Waals surface area contributed by atoms with E-state index in [4.69, 9.17) is 14.2 Å². The lowest BCUT2D eigenvalue weighted by Crippen LogP contribution is -2.47. The van der Waals surface area contributed by atoms with Crippen LogP contribution in [0.15, 0.2) is 12.2 Å². The van der Waals surface area contributed by atoms with Crippen LogP contribution in [-0.2, 0) is 14.2 Å². The number of fused-ring (bicyclic) bond motifs is 1. The minimum atomic E-state index is -0.0529. The van der Waals surface area contributed by atoms with Crippen LogP contribution in [0.4, 0.5) is 0 Å². The first kappa shape index (κ1) is 9.19. The second-order valence-electron chi connectivity index (χ2n) is 3.54. The molecule has 0 N–H and O–H groups in total. The maximum absolute atomic E-state index is 5.65. The molecule has 0 aromatic carbocycles. The molecule has 2 heterocycles. The van der Waals surface area contributed by atoms with Gasteiger partial charge in [0, 0.05) is 0 Å². The number of hydrogen-bond donors (Lipinski definition) is 0. The van der Waals surface area contributed by atoms with Gasteiger partial charge >= 0.3 is 0 Å². The van der Waals surface area contributed by atoms with Crippen LogP contribution < -0.4 is 0 Å². The summed E-state index contributed by atoms with van der Waals surface area (Å²) >= 11 is 0. The monoisotopic (exact) mass is 184 g/mol. The van der Waals surface area contributed by atoms with Crippen molar-refractivity contribution in [1.29, 1.82) is 0 Å². The van der Waals surface area contributed by atoms with E-state index < -0.39 is 0 Å². The summed E-state index contributed by atoms with van der Waals surface area (Å²) in [6, 6.07) is 0. The first-order valence-electron chi connectivity index (χ1n) is 4.90.